The summed E-state index contributed by atoms with van der Waals surface area (Å²) in [7, 11) is 0. The topological polar surface area (TPSA) is 21.6 Å². The molecule has 0 aliphatic carbocycles. The number of hydrogen-bond donors (Lipinski definition) is 0. The maximum atomic E-state index is 13.0. The minimum absolute atomic E-state index is 0.251. The number of hydrogen-bond acceptors (Lipinski definition) is 2. The van der Waals surface area contributed by atoms with E-state index < -0.39 is 0 Å². The molecule has 132 valence electrons. The zero-order chi connectivity index (χ0) is 18.5. The fourth-order valence-electron chi connectivity index (χ4n) is 2.49. The van der Waals surface area contributed by atoms with E-state index in [0.29, 0.717) is 6.61 Å². The number of benzene rings is 3. The van der Waals surface area contributed by atoms with Gasteiger partial charge in [-0.25, -0.2) is 4.39 Å². The van der Waals surface area contributed by atoms with Crippen LogP contribution in [0, 0.1) is 19.7 Å². The Bertz CT molecular complexity index is 935. The minimum atomic E-state index is -0.251. The van der Waals surface area contributed by atoms with Crippen molar-refractivity contribution < 1.29 is 9.13 Å². The molecule has 0 aromatic heterocycles. The summed E-state index contributed by atoms with van der Waals surface area (Å²) in [5.41, 5.74) is 5.02. The van der Waals surface area contributed by atoms with Gasteiger partial charge >= 0.3 is 0 Å². The number of nitrogens with zero attached hydrogens (tertiary/aromatic N) is 1. The third-order valence-electron chi connectivity index (χ3n) is 3.99. The maximum absolute atomic E-state index is 13.0. The van der Waals surface area contributed by atoms with Crippen LogP contribution in [-0.2, 0) is 6.61 Å². The van der Waals surface area contributed by atoms with Crippen LogP contribution in [0.1, 0.15) is 22.3 Å². The van der Waals surface area contributed by atoms with Crippen LogP contribution in [0.4, 0.5) is 10.1 Å². The quantitative estimate of drug-likeness (QED) is 0.437. The average Bonchev–Trinajstić information content (AvgIpc) is 2.63. The molecule has 0 N–H and O–H groups in total. The Hall–Kier alpha value is -2.46. The number of aryl methyl sites for hydroxylation is 2. The number of aliphatic imine (C=N–C) groups is 1. The molecule has 26 heavy (non-hydrogen) atoms. The van der Waals surface area contributed by atoms with Crippen LogP contribution in [-0.4, -0.2) is 6.21 Å². The average molecular weight is 412 g/mol. The van der Waals surface area contributed by atoms with Gasteiger partial charge in [0.1, 0.15) is 18.2 Å². The van der Waals surface area contributed by atoms with E-state index in [0.717, 1.165) is 32.6 Å². The molecule has 3 rings (SSSR count). The first-order valence-electron chi connectivity index (χ1n) is 8.29. The van der Waals surface area contributed by atoms with Gasteiger partial charge < -0.3 is 4.74 Å². The monoisotopic (exact) mass is 411 g/mol. The molecule has 0 aliphatic heterocycles. The molecule has 0 aliphatic rings. The summed E-state index contributed by atoms with van der Waals surface area (Å²) in [6, 6.07) is 18.3. The Morgan fingerprint density at radius 3 is 2.54 bits per heavy atom. The second-order valence-corrected chi connectivity index (χ2v) is 7.06. The summed E-state index contributed by atoms with van der Waals surface area (Å²) in [4.78, 5) is 4.63. The Kier molecular flexibility index (Phi) is 5.84. The number of rotatable bonds is 5. The van der Waals surface area contributed by atoms with Crippen LogP contribution in [0.25, 0.3) is 0 Å². The molecule has 4 heteroatoms. The Labute approximate surface area is 161 Å². The summed E-state index contributed by atoms with van der Waals surface area (Å²) in [6.07, 6.45) is 1.81. The predicted molar refractivity (Wildman–Crippen MR) is 108 cm³/mol. The normalized spacial score (nSPS) is 11.1. The zero-order valence-corrected chi connectivity index (χ0v) is 16.3. The van der Waals surface area contributed by atoms with Gasteiger partial charge in [0, 0.05) is 16.3 Å². The molecule has 0 saturated heterocycles. The van der Waals surface area contributed by atoms with E-state index in [2.05, 4.69) is 46.0 Å². The standard InChI is InChI=1S/C22H19BrFNO/c1-15-3-4-16(2)21(11-15)25-13-18-12-19(23)7-10-22(18)26-14-17-5-8-20(24)9-6-17/h3-13H,14H2,1-2H3. The lowest BCUT2D eigenvalue weighted by atomic mass is 10.1. The van der Waals surface area contributed by atoms with E-state index in [1.807, 2.05) is 31.3 Å². The van der Waals surface area contributed by atoms with Crippen LogP contribution in [0.3, 0.4) is 0 Å². The molecule has 0 unspecified atom stereocenters. The van der Waals surface area contributed by atoms with Crippen molar-refractivity contribution in [3.8, 4) is 5.75 Å². The molecule has 0 saturated carbocycles. The lowest BCUT2D eigenvalue weighted by molar-refractivity contribution is 0.305. The van der Waals surface area contributed by atoms with Crippen molar-refractivity contribution in [2.75, 3.05) is 0 Å². The summed E-state index contributed by atoms with van der Waals surface area (Å²) < 4.78 is 19.9. The summed E-state index contributed by atoms with van der Waals surface area (Å²) in [6.45, 7) is 4.46. The lowest BCUT2D eigenvalue weighted by Crippen LogP contribution is -1.98. The molecule has 0 spiro atoms. The summed E-state index contributed by atoms with van der Waals surface area (Å²) in [5, 5.41) is 0. The zero-order valence-electron chi connectivity index (χ0n) is 14.7. The molecular weight excluding hydrogens is 393 g/mol. The van der Waals surface area contributed by atoms with Crippen molar-refractivity contribution in [2.24, 2.45) is 4.99 Å². The highest BCUT2D eigenvalue weighted by atomic mass is 79.9. The molecule has 0 heterocycles. The first-order valence-corrected chi connectivity index (χ1v) is 9.09. The second-order valence-electron chi connectivity index (χ2n) is 6.15. The summed E-state index contributed by atoms with van der Waals surface area (Å²) >= 11 is 3.49. The van der Waals surface area contributed by atoms with Gasteiger partial charge in [-0.15, -0.1) is 0 Å². The Balaban J connectivity index is 1.82. The van der Waals surface area contributed by atoms with Gasteiger partial charge in [-0.2, -0.15) is 0 Å². The number of ether oxygens (including phenoxy) is 1. The van der Waals surface area contributed by atoms with Crippen molar-refractivity contribution in [1.82, 2.24) is 0 Å². The van der Waals surface area contributed by atoms with Gasteiger partial charge in [-0.05, 0) is 66.9 Å². The second kappa shape index (κ2) is 8.28. The van der Waals surface area contributed by atoms with E-state index in [1.54, 1.807) is 12.1 Å². The molecule has 3 aromatic rings. The maximum Gasteiger partial charge on any atom is 0.128 e. The molecule has 0 bridgehead atoms. The van der Waals surface area contributed by atoms with Crippen LogP contribution in [0.5, 0.6) is 5.75 Å². The van der Waals surface area contributed by atoms with E-state index in [1.165, 1.54) is 17.7 Å². The molecule has 0 atom stereocenters. The molecule has 0 amide bonds. The smallest absolute Gasteiger partial charge is 0.128 e. The molecule has 0 fully saturated rings. The Morgan fingerprint density at radius 2 is 1.77 bits per heavy atom. The predicted octanol–water partition coefficient (Wildman–Crippen LogP) is 6.53. The highest BCUT2D eigenvalue weighted by Gasteiger charge is 2.05. The van der Waals surface area contributed by atoms with Crippen molar-refractivity contribution in [3.05, 3.63) is 93.2 Å². The molecule has 2 nitrogen and oxygen atoms in total. The van der Waals surface area contributed by atoms with Gasteiger partial charge in [-0.1, -0.05) is 40.2 Å². The van der Waals surface area contributed by atoms with Crippen molar-refractivity contribution in [2.45, 2.75) is 20.5 Å². The highest BCUT2D eigenvalue weighted by molar-refractivity contribution is 9.10. The van der Waals surface area contributed by atoms with E-state index in [-0.39, 0.29) is 5.82 Å². The molecular formula is C22H19BrFNO. The fourth-order valence-corrected chi connectivity index (χ4v) is 2.87. The number of halogens is 2. The van der Waals surface area contributed by atoms with Gasteiger partial charge in [0.2, 0.25) is 0 Å². The fraction of sp³-hybridized carbons (Fsp3) is 0.136. The van der Waals surface area contributed by atoms with Crippen molar-refractivity contribution in [3.63, 3.8) is 0 Å². The van der Waals surface area contributed by atoms with E-state index in [9.17, 15) is 4.39 Å². The largest absolute Gasteiger partial charge is 0.488 e. The van der Waals surface area contributed by atoms with Gasteiger partial charge in [0.25, 0.3) is 0 Å². The SMILES string of the molecule is Cc1ccc(C)c(N=Cc2cc(Br)ccc2OCc2ccc(F)cc2)c1. The summed E-state index contributed by atoms with van der Waals surface area (Å²) in [5.74, 6) is 0.477. The Morgan fingerprint density at radius 1 is 1.00 bits per heavy atom. The van der Waals surface area contributed by atoms with Gasteiger partial charge in [0.15, 0.2) is 0 Å². The highest BCUT2D eigenvalue weighted by Crippen LogP contribution is 2.25. The van der Waals surface area contributed by atoms with Crippen LogP contribution < -0.4 is 4.74 Å². The third-order valence-corrected chi connectivity index (χ3v) is 4.48. The first-order chi connectivity index (χ1) is 12.5. The molecule has 3 aromatic carbocycles. The lowest BCUT2D eigenvalue weighted by Gasteiger charge is -2.10. The van der Waals surface area contributed by atoms with Crippen molar-refractivity contribution in [1.29, 1.82) is 0 Å². The van der Waals surface area contributed by atoms with Gasteiger partial charge in [-0.3, -0.25) is 4.99 Å². The van der Waals surface area contributed by atoms with E-state index in [4.69, 9.17) is 4.74 Å². The third kappa shape index (κ3) is 4.79. The van der Waals surface area contributed by atoms with E-state index >= 15 is 0 Å². The minimum Gasteiger partial charge on any atom is -0.488 e. The van der Waals surface area contributed by atoms with Gasteiger partial charge in [0.05, 0.1) is 5.69 Å². The van der Waals surface area contributed by atoms with Crippen LogP contribution >= 0.6 is 15.9 Å². The van der Waals surface area contributed by atoms with Crippen molar-refractivity contribution >= 4 is 27.8 Å². The first kappa shape index (κ1) is 18.3. The van der Waals surface area contributed by atoms with Crippen LogP contribution in [0.2, 0.25) is 0 Å². The molecule has 0 radical (unpaired) electrons. The van der Waals surface area contributed by atoms with Crippen LogP contribution in [0.15, 0.2) is 70.1 Å².